The van der Waals surface area contributed by atoms with Crippen LogP contribution in [0.1, 0.15) is 25.3 Å². The van der Waals surface area contributed by atoms with Crippen LogP contribution in [0.5, 0.6) is 0 Å². The van der Waals surface area contributed by atoms with Gasteiger partial charge in [0.1, 0.15) is 0 Å². The molecule has 1 aliphatic carbocycles. The first-order chi connectivity index (χ1) is 8.45. The Kier molecular flexibility index (Phi) is 3.75. The van der Waals surface area contributed by atoms with Gasteiger partial charge in [-0.05, 0) is 48.9 Å². The summed E-state index contributed by atoms with van der Waals surface area (Å²) in [7, 11) is -3.37. The number of nitrogens with one attached hydrogen (secondary N) is 1. The molecule has 1 saturated carbocycles. The van der Waals surface area contributed by atoms with Crippen molar-refractivity contribution >= 4 is 10.0 Å². The molecule has 4 nitrogen and oxygen atoms in total. The molecule has 3 N–H and O–H groups in total. The molecule has 0 radical (unpaired) electrons. The third-order valence-electron chi connectivity index (χ3n) is 3.46. The molecule has 0 amide bonds. The SMILES string of the molecule is CC1(CNS(=O)(=O)c2ccc(CCN)cc2)CC1. The Morgan fingerprint density at radius 1 is 1.28 bits per heavy atom. The van der Waals surface area contributed by atoms with E-state index < -0.39 is 10.0 Å². The third kappa shape index (κ3) is 3.31. The molecule has 0 unspecified atom stereocenters. The Hall–Kier alpha value is -0.910. The number of hydrogen-bond acceptors (Lipinski definition) is 3. The molecule has 0 bridgehead atoms. The van der Waals surface area contributed by atoms with Crippen molar-refractivity contribution in [2.24, 2.45) is 11.1 Å². The summed E-state index contributed by atoms with van der Waals surface area (Å²) >= 11 is 0. The first-order valence-corrected chi connectivity index (χ1v) is 7.72. The molecule has 1 aliphatic rings. The van der Waals surface area contributed by atoms with Gasteiger partial charge < -0.3 is 5.73 Å². The van der Waals surface area contributed by atoms with Crippen LogP contribution in [0.2, 0.25) is 0 Å². The Morgan fingerprint density at radius 2 is 1.89 bits per heavy atom. The van der Waals surface area contributed by atoms with Gasteiger partial charge in [0.2, 0.25) is 10.0 Å². The highest BCUT2D eigenvalue weighted by Crippen LogP contribution is 2.44. The van der Waals surface area contributed by atoms with E-state index in [9.17, 15) is 8.42 Å². The summed E-state index contributed by atoms with van der Waals surface area (Å²) in [4.78, 5) is 0.326. The molecule has 1 aromatic rings. The smallest absolute Gasteiger partial charge is 0.240 e. The van der Waals surface area contributed by atoms with Gasteiger partial charge in [-0.3, -0.25) is 0 Å². The van der Waals surface area contributed by atoms with Crippen LogP contribution >= 0.6 is 0 Å². The fourth-order valence-corrected chi connectivity index (χ4v) is 2.94. The standard InChI is InChI=1S/C13H20N2O2S/c1-13(7-8-13)10-15-18(16,17)12-4-2-11(3-5-12)6-9-14/h2-5,15H,6-10,14H2,1H3. The van der Waals surface area contributed by atoms with Crippen molar-refractivity contribution in [2.45, 2.75) is 31.1 Å². The van der Waals surface area contributed by atoms with Crippen molar-refractivity contribution in [2.75, 3.05) is 13.1 Å². The molecule has 0 spiro atoms. The average Bonchev–Trinajstić information content (AvgIpc) is 3.07. The van der Waals surface area contributed by atoms with Gasteiger partial charge in [-0.2, -0.15) is 0 Å². The van der Waals surface area contributed by atoms with Crippen molar-refractivity contribution < 1.29 is 8.42 Å². The third-order valence-corrected chi connectivity index (χ3v) is 4.88. The molecule has 2 rings (SSSR count). The van der Waals surface area contributed by atoms with Gasteiger partial charge >= 0.3 is 0 Å². The van der Waals surface area contributed by atoms with Crippen LogP contribution in [0, 0.1) is 5.41 Å². The molecular weight excluding hydrogens is 248 g/mol. The second-order valence-corrected chi connectivity index (χ2v) is 7.08. The second kappa shape index (κ2) is 4.99. The van der Waals surface area contributed by atoms with Gasteiger partial charge in [0.05, 0.1) is 4.90 Å². The summed E-state index contributed by atoms with van der Waals surface area (Å²) in [5, 5.41) is 0. The summed E-state index contributed by atoms with van der Waals surface area (Å²) in [6, 6.07) is 6.92. The van der Waals surface area contributed by atoms with E-state index in [4.69, 9.17) is 5.73 Å². The van der Waals surface area contributed by atoms with Crippen molar-refractivity contribution in [3.8, 4) is 0 Å². The lowest BCUT2D eigenvalue weighted by Crippen LogP contribution is -2.29. The maximum absolute atomic E-state index is 12.0. The van der Waals surface area contributed by atoms with Crippen LogP contribution in [-0.4, -0.2) is 21.5 Å². The lowest BCUT2D eigenvalue weighted by Gasteiger charge is -2.11. The number of nitrogens with two attached hydrogens (primary N) is 1. The molecule has 0 saturated heterocycles. The molecule has 5 heteroatoms. The molecule has 0 aromatic heterocycles. The minimum Gasteiger partial charge on any atom is -0.330 e. The van der Waals surface area contributed by atoms with E-state index in [-0.39, 0.29) is 5.41 Å². The van der Waals surface area contributed by atoms with E-state index >= 15 is 0 Å². The van der Waals surface area contributed by atoms with Crippen molar-refractivity contribution in [1.29, 1.82) is 0 Å². The van der Waals surface area contributed by atoms with E-state index in [0.717, 1.165) is 24.8 Å². The molecule has 0 aliphatic heterocycles. The zero-order valence-corrected chi connectivity index (χ0v) is 11.5. The van der Waals surface area contributed by atoms with Gasteiger partial charge in [-0.25, -0.2) is 13.1 Å². The van der Waals surface area contributed by atoms with Crippen molar-refractivity contribution in [1.82, 2.24) is 4.72 Å². The fourth-order valence-electron chi connectivity index (χ4n) is 1.74. The van der Waals surface area contributed by atoms with Gasteiger partial charge in [0.15, 0.2) is 0 Å². The van der Waals surface area contributed by atoms with Crippen LogP contribution in [-0.2, 0) is 16.4 Å². The van der Waals surface area contributed by atoms with Gasteiger partial charge in [0.25, 0.3) is 0 Å². The van der Waals surface area contributed by atoms with Crippen molar-refractivity contribution in [3.63, 3.8) is 0 Å². The highest BCUT2D eigenvalue weighted by molar-refractivity contribution is 7.89. The lowest BCUT2D eigenvalue weighted by molar-refractivity contribution is 0.530. The van der Waals surface area contributed by atoms with E-state index in [0.29, 0.717) is 18.0 Å². The summed E-state index contributed by atoms with van der Waals surface area (Å²) in [6.45, 7) is 3.20. The Bertz CT molecular complexity index is 504. The molecule has 0 heterocycles. The highest BCUT2D eigenvalue weighted by Gasteiger charge is 2.38. The summed E-state index contributed by atoms with van der Waals surface area (Å²) < 4.78 is 26.8. The highest BCUT2D eigenvalue weighted by atomic mass is 32.2. The zero-order chi connectivity index (χ0) is 13.2. The Balaban J connectivity index is 2.04. The predicted molar refractivity (Wildman–Crippen MR) is 71.7 cm³/mol. The minimum absolute atomic E-state index is 0.173. The number of benzene rings is 1. The van der Waals surface area contributed by atoms with Crippen LogP contribution in [0.25, 0.3) is 0 Å². The molecular formula is C13H20N2O2S. The minimum atomic E-state index is -3.37. The summed E-state index contributed by atoms with van der Waals surface area (Å²) in [5.74, 6) is 0. The molecule has 1 aromatic carbocycles. The van der Waals surface area contributed by atoms with E-state index in [1.54, 1.807) is 12.1 Å². The average molecular weight is 268 g/mol. The quantitative estimate of drug-likeness (QED) is 0.816. The maximum atomic E-state index is 12.0. The summed E-state index contributed by atoms with van der Waals surface area (Å²) in [6.07, 6.45) is 2.97. The summed E-state index contributed by atoms with van der Waals surface area (Å²) in [5.41, 5.74) is 6.69. The Morgan fingerprint density at radius 3 is 2.39 bits per heavy atom. The fraction of sp³-hybridized carbons (Fsp3) is 0.538. The topological polar surface area (TPSA) is 72.2 Å². The van der Waals surface area contributed by atoms with Gasteiger partial charge in [-0.1, -0.05) is 19.1 Å². The first kappa shape index (κ1) is 13.5. The maximum Gasteiger partial charge on any atom is 0.240 e. The predicted octanol–water partition coefficient (Wildman–Crippen LogP) is 1.27. The molecule has 18 heavy (non-hydrogen) atoms. The number of rotatable bonds is 6. The number of sulfonamides is 1. The Labute approximate surface area is 109 Å². The van der Waals surface area contributed by atoms with Crippen LogP contribution in [0.3, 0.4) is 0 Å². The van der Waals surface area contributed by atoms with Gasteiger partial charge in [0, 0.05) is 6.54 Å². The van der Waals surface area contributed by atoms with Crippen LogP contribution < -0.4 is 10.5 Å². The normalized spacial score (nSPS) is 17.7. The first-order valence-electron chi connectivity index (χ1n) is 6.24. The molecule has 1 fully saturated rings. The largest absolute Gasteiger partial charge is 0.330 e. The zero-order valence-electron chi connectivity index (χ0n) is 10.6. The molecule has 100 valence electrons. The lowest BCUT2D eigenvalue weighted by atomic mass is 10.1. The van der Waals surface area contributed by atoms with E-state index in [1.165, 1.54) is 0 Å². The van der Waals surface area contributed by atoms with Gasteiger partial charge in [-0.15, -0.1) is 0 Å². The van der Waals surface area contributed by atoms with Crippen molar-refractivity contribution in [3.05, 3.63) is 29.8 Å². The van der Waals surface area contributed by atoms with Crippen LogP contribution in [0.4, 0.5) is 0 Å². The monoisotopic (exact) mass is 268 g/mol. The van der Waals surface area contributed by atoms with Crippen LogP contribution in [0.15, 0.2) is 29.2 Å². The number of hydrogen-bond donors (Lipinski definition) is 2. The van der Waals surface area contributed by atoms with E-state index in [1.807, 2.05) is 12.1 Å². The van der Waals surface area contributed by atoms with E-state index in [2.05, 4.69) is 11.6 Å². The second-order valence-electron chi connectivity index (χ2n) is 5.32. The molecule has 0 atom stereocenters.